The van der Waals surface area contributed by atoms with Gasteiger partial charge < -0.3 is 0 Å². The number of rotatable bonds is 4. The number of hydrogen-bond donors (Lipinski definition) is 0. The van der Waals surface area contributed by atoms with Gasteiger partial charge in [0, 0.05) is 0 Å². The molecule has 0 amide bonds. The number of benzene rings is 1. The van der Waals surface area contributed by atoms with E-state index in [1.54, 1.807) is 18.6 Å². The average Bonchev–Trinajstić information content (AvgIpc) is 3.35. The van der Waals surface area contributed by atoms with Crippen LogP contribution < -0.4 is 0 Å². The van der Waals surface area contributed by atoms with Gasteiger partial charge in [0.15, 0.2) is 0 Å². The van der Waals surface area contributed by atoms with E-state index in [2.05, 4.69) is 0 Å². The van der Waals surface area contributed by atoms with Crippen molar-refractivity contribution in [3.63, 3.8) is 0 Å². The van der Waals surface area contributed by atoms with Crippen LogP contribution in [0, 0.1) is 83.9 Å². The van der Waals surface area contributed by atoms with Crippen molar-refractivity contribution in [2.75, 3.05) is 6.61 Å². The van der Waals surface area contributed by atoms with Crippen molar-refractivity contribution in [1.29, 1.82) is 0 Å². The molecule has 8 aliphatic rings. The molecular weight excluding hydrogens is 344 g/mol. The maximum atomic E-state index is 12.7. The van der Waals surface area contributed by atoms with E-state index in [-0.39, 0.29) is 0 Å². The Kier molecular flexibility index (Phi) is 2.16. The van der Waals surface area contributed by atoms with Crippen LogP contribution in [0.1, 0.15) is 12.0 Å². The Morgan fingerprint density at radius 1 is 0.808 bits per heavy atom. The summed E-state index contributed by atoms with van der Waals surface area (Å²) in [6.45, 7) is 2.42. The third-order valence-electron chi connectivity index (χ3n) is 10.6. The second kappa shape index (κ2) is 3.96. The highest BCUT2D eigenvalue weighted by molar-refractivity contribution is 7.86. The third kappa shape index (κ3) is 1.20. The molecule has 4 bridgehead atoms. The lowest BCUT2D eigenvalue weighted by molar-refractivity contribution is 0.194. The minimum Gasteiger partial charge on any atom is -0.266 e. The van der Waals surface area contributed by atoms with Crippen molar-refractivity contribution in [2.24, 2.45) is 76.9 Å². The van der Waals surface area contributed by atoms with E-state index in [1.165, 1.54) is 0 Å². The van der Waals surface area contributed by atoms with Crippen LogP contribution in [0.2, 0.25) is 0 Å². The van der Waals surface area contributed by atoms with Crippen LogP contribution in [0.15, 0.2) is 29.2 Å². The molecule has 0 radical (unpaired) electrons. The van der Waals surface area contributed by atoms with E-state index < -0.39 is 10.1 Å². The molecular formula is C22H24O3S. The Morgan fingerprint density at radius 2 is 1.31 bits per heavy atom. The predicted molar refractivity (Wildman–Crippen MR) is 94.3 cm³/mol. The molecule has 1 aromatic carbocycles. The van der Waals surface area contributed by atoms with Crippen LogP contribution in [-0.4, -0.2) is 15.0 Å². The van der Waals surface area contributed by atoms with Gasteiger partial charge in [-0.05, 0) is 102 Å². The summed E-state index contributed by atoms with van der Waals surface area (Å²) in [5.41, 5.74) is 1.07. The Hall–Kier alpha value is -0.870. The molecule has 4 heteroatoms. The maximum absolute atomic E-state index is 12.7. The average molecular weight is 368 g/mol. The first-order valence-corrected chi connectivity index (χ1v) is 11.9. The van der Waals surface area contributed by atoms with Crippen molar-refractivity contribution >= 4 is 10.1 Å². The second-order valence-electron chi connectivity index (χ2n) is 10.6. The van der Waals surface area contributed by atoms with Crippen molar-refractivity contribution < 1.29 is 12.6 Å². The zero-order chi connectivity index (χ0) is 17.1. The summed E-state index contributed by atoms with van der Waals surface area (Å²) < 4.78 is 31.0. The normalized spacial score (nSPS) is 60.6. The van der Waals surface area contributed by atoms with Crippen LogP contribution >= 0.6 is 0 Å². The van der Waals surface area contributed by atoms with Gasteiger partial charge in [0.1, 0.15) is 0 Å². The summed E-state index contributed by atoms with van der Waals surface area (Å²) in [6, 6.07) is 7.06. The van der Waals surface area contributed by atoms with E-state index in [4.69, 9.17) is 4.18 Å². The Bertz CT molecular complexity index is 882. The van der Waals surface area contributed by atoms with Gasteiger partial charge in [-0.2, -0.15) is 8.42 Å². The summed E-state index contributed by atoms with van der Waals surface area (Å²) in [5, 5.41) is 0. The lowest BCUT2D eigenvalue weighted by Crippen LogP contribution is -2.21. The third-order valence-corrected chi connectivity index (χ3v) is 11.9. The zero-order valence-electron chi connectivity index (χ0n) is 14.9. The first-order chi connectivity index (χ1) is 12.6. The number of aryl methyl sites for hydroxylation is 1. The highest BCUT2D eigenvalue weighted by Crippen LogP contribution is 2.93. The van der Waals surface area contributed by atoms with Gasteiger partial charge in [0.25, 0.3) is 10.1 Å². The van der Waals surface area contributed by atoms with E-state index >= 15 is 0 Å². The summed E-state index contributed by atoms with van der Waals surface area (Å²) >= 11 is 0. The van der Waals surface area contributed by atoms with Gasteiger partial charge in [-0.25, -0.2) is 0 Å². The molecule has 8 saturated carbocycles. The van der Waals surface area contributed by atoms with Gasteiger partial charge in [0.2, 0.25) is 0 Å². The topological polar surface area (TPSA) is 43.4 Å². The molecule has 8 atom stereocenters. The standard InChI is InChI=1S/C22H24O3S/c1-8-2-4-9(5-3-8)26(23,24)25-7-12-17-19-13-10-6-11-15(13)21(17)22-16(11)14(10)20(19)18(12)22/h2-5,10-22H,6-7H2,1H3. The van der Waals surface area contributed by atoms with Gasteiger partial charge in [-0.3, -0.25) is 4.18 Å². The minimum absolute atomic E-state index is 0.311. The fourth-order valence-corrected chi connectivity index (χ4v) is 11.9. The fourth-order valence-electron chi connectivity index (χ4n) is 10.9. The van der Waals surface area contributed by atoms with Crippen molar-refractivity contribution in [3.05, 3.63) is 29.8 Å². The first-order valence-electron chi connectivity index (χ1n) is 10.5. The quantitative estimate of drug-likeness (QED) is 0.767. The van der Waals surface area contributed by atoms with Gasteiger partial charge in [-0.1, -0.05) is 17.7 Å². The van der Waals surface area contributed by atoms with Crippen LogP contribution in [0.25, 0.3) is 0 Å². The molecule has 8 aliphatic carbocycles. The van der Waals surface area contributed by atoms with Crippen molar-refractivity contribution in [1.82, 2.24) is 0 Å². The molecule has 0 aromatic heterocycles. The molecule has 1 aromatic rings. The summed E-state index contributed by atoms with van der Waals surface area (Å²) in [6.07, 6.45) is 1.56. The largest absolute Gasteiger partial charge is 0.296 e. The van der Waals surface area contributed by atoms with Crippen molar-refractivity contribution in [2.45, 2.75) is 18.2 Å². The zero-order valence-corrected chi connectivity index (χ0v) is 15.7. The number of hydrogen-bond acceptors (Lipinski definition) is 3. The van der Waals surface area contributed by atoms with E-state index in [9.17, 15) is 8.42 Å². The maximum Gasteiger partial charge on any atom is 0.296 e. The molecule has 8 fully saturated rings. The van der Waals surface area contributed by atoms with Gasteiger partial charge in [0.05, 0.1) is 11.5 Å². The summed E-state index contributed by atoms with van der Waals surface area (Å²) in [7, 11) is -3.62. The molecule has 0 saturated heterocycles. The molecule has 0 heterocycles. The van der Waals surface area contributed by atoms with Crippen molar-refractivity contribution in [3.8, 4) is 0 Å². The first kappa shape index (κ1) is 14.2. The summed E-state index contributed by atoms with van der Waals surface area (Å²) in [5.74, 6) is 12.3. The van der Waals surface area contributed by atoms with Crippen LogP contribution in [0.5, 0.6) is 0 Å². The molecule has 9 rings (SSSR count). The smallest absolute Gasteiger partial charge is 0.266 e. The van der Waals surface area contributed by atoms with Gasteiger partial charge in [-0.15, -0.1) is 0 Å². The van der Waals surface area contributed by atoms with E-state index in [0.717, 1.165) is 76.6 Å². The molecule has 0 N–H and O–H groups in total. The van der Waals surface area contributed by atoms with Gasteiger partial charge >= 0.3 is 0 Å². The van der Waals surface area contributed by atoms with E-state index in [1.807, 2.05) is 19.1 Å². The molecule has 0 spiro atoms. The molecule has 136 valence electrons. The van der Waals surface area contributed by atoms with Crippen LogP contribution in [-0.2, 0) is 14.3 Å². The summed E-state index contributed by atoms with van der Waals surface area (Å²) in [4.78, 5) is 0.311. The fraction of sp³-hybridized carbons (Fsp3) is 0.727. The molecule has 3 nitrogen and oxygen atoms in total. The Balaban J connectivity index is 1.12. The Labute approximate surface area is 154 Å². The lowest BCUT2D eigenvalue weighted by Gasteiger charge is -2.25. The molecule has 26 heavy (non-hydrogen) atoms. The Morgan fingerprint density at radius 3 is 1.81 bits per heavy atom. The monoisotopic (exact) mass is 368 g/mol. The molecule has 8 unspecified atom stereocenters. The predicted octanol–water partition coefficient (Wildman–Crippen LogP) is 3.20. The highest BCUT2D eigenvalue weighted by Gasteiger charge is 2.90. The minimum atomic E-state index is -3.62. The van der Waals surface area contributed by atoms with Crippen LogP contribution in [0.3, 0.4) is 0 Å². The van der Waals surface area contributed by atoms with E-state index in [0.29, 0.717) is 17.4 Å². The highest BCUT2D eigenvalue weighted by atomic mass is 32.2. The molecule has 0 aliphatic heterocycles. The van der Waals surface area contributed by atoms with Crippen LogP contribution in [0.4, 0.5) is 0 Å². The lowest BCUT2D eigenvalue weighted by atomic mass is 9.80. The second-order valence-corrected chi connectivity index (χ2v) is 12.2. The SMILES string of the molecule is Cc1ccc(S(=O)(=O)OCC2C3C4C5C6CC7C5C3C3C7C6C4C23)cc1.